The molecule has 1 aromatic heterocycles. The molecule has 0 aliphatic carbocycles. The fraction of sp³-hybridized carbons (Fsp3) is 0.200. The van der Waals surface area contributed by atoms with Crippen LogP contribution < -0.4 is 10.6 Å². The molecule has 5 nitrogen and oxygen atoms in total. The molecule has 2 amide bonds. The molecule has 0 radical (unpaired) electrons. The van der Waals surface area contributed by atoms with Gasteiger partial charge in [-0.05, 0) is 35.6 Å². The second-order valence-corrected chi connectivity index (χ2v) is 5.41. The molecular weight excluding hydrogens is 288 g/mol. The Morgan fingerprint density at radius 1 is 1.14 bits per heavy atom. The van der Waals surface area contributed by atoms with Gasteiger partial charge in [-0.15, -0.1) is 11.3 Å². The minimum atomic E-state index is -1.06. The van der Waals surface area contributed by atoms with E-state index in [1.54, 1.807) is 5.38 Å². The highest BCUT2D eigenvalue weighted by molar-refractivity contribution is 7.14. The number of rotatable bonds is 5. The van der Waals surface area contributed by atoms with Gasteiger partial charge in [0.25, 0.3) is 0 Å². The standard InChI is InChI=1S/C15H16N2O3S/c1-2-3-10-4-6-11(7-5-10)16-15(20)17-13-12(14(18)19)8-9-21-13/h4-9H,2-3H2,1H3,(H,18,19)(H2,16,17,20). The van der Waals surface area contributed by atoms with Crippen molar-refractivity contribution in [3.8, 4) is 0 Å². The van der Waals surface area contributed by atoms with E-state index >= 15 is 0 Å². The third-order valence-corrected chi connectivity index (χ3v) is 3.70. The number of carbonyl (C=O) groups excluding carboxylic acids is 1. The Hall–Kier alpha value is -2.34. The van der Waals surface area contributed by atoms with E-state index in [-0.39, 0.29) is 5.56 Å². The van der Waals surface area contributed by atoms with Crippen LogP contribution in [0.5, 0.6) is 0 Å². The number of aryl methyl sites for hydroxylation is 1. The first kappa shape index (κ1) is 15.1. The van der Waals surface area contributed by atoms with E-state index in [9.17, 15) is 9.59 Å². The molecule has 6 heteroatoms. The largest absolute Gasteiger partial charge is 0.478 e. The zero-order valence-corrected chi connectivity index (χ0v) is 12.4. The van der Waals surface area contributed by atoms with Crippen molar-refractivity contribution in [2.45, 2.75) is 19.8 Å². The fourth-order valence-electron chi connectivity index (χ4n) is 1.88. The first-order valence-corrected chi connectivity index (χ1v) is 7.46. The summed E-state index contributed by atoms with van der Waals surface area (Å²) in [5, 5.41) is 16.1. The summed E-state index contributed by atoms with van der Waals surface area (Å²) in [4.78, 5) is 22.8. The molecule has 0 unspecified atom stereocenters. The quantitative estimate of drug-likeness (QED) is 0.780. The molecule has 2 rings (SSSR count). The van der Waals surface area contributed by atoms with Crippen LogP contribution in [0.15, 0.2) is 35.7 Å². The number of hydrogen-bond donors (Lipinski definition) is 3. The number of thiophene rings is 1. The molecule has 0 bridgehead atoms. The lowest BCUT2D eigenvalue weighted by Crippen LogP contribution is -2.20. The summed E-state index contributed by atoms with van der Waals surface area (Å²) in [5.74, 6) is -1.06. The zero-order valence-electron chi connectivity index (χ0n) is 11.6. The first-order valence-electron chi connectivity index (χ1n) is 6.58. The van der Waals surface area contributed by atoms with Crippen LogP contribution in [-0.2, 0) is 6.42 Å². The number of amides is 2. The second-order valence-electron chi connectivity index (χ2n) is 4.49. The third kappa shape index (κ3) is 4.06. The van der Waals surface area contributed by atoms with Crippen LogP contribution in [0.25, 0.3) is 0 Å². The SMILES string of the molecule is CCCc1ccc(NC(=O)Nc2sccc2C(=O)O)cc1. The summed E-state index contributed by atoms with van der Waals surface area (Å²) in [6.07, 6.45) is 2.08. The van der Waals surface area contributed by atoms with E-state index in [2.05, 4.69) is 17.6 Å². The van der Waals surface area contributed by atoms with Gasteiger partial charge in [0.15, 0.2) is 0 Å². The van der Waals surface area contributed by atoms with E-state index in [0.29, 0.717) is 10.7 Å². The van der Waals surface area contributed by atoms with Gasteiger partial charge in [0.05, 0.1) is 5.56 Å². The lowest BCUT2D eigenvalue weighted by Gasteiger charge is -2.07. The number of hydrogen-bond acceptors (Lipinski definition) is 3. The Kier molecular flexibility index (Phi) is 4.94. The monoisotopic (exact) mass is 304 g/mol. The van der Waals surface area contributed by atoms with Gasteiger partial charge < -0.3 is 10.4 Å². The Balaban J connectivity index is 1.98. The molecule has 0 saturated carbocycles. The molecule has 110 valence electrons. The molecular formula is C15H16N2O3S. The van der Waals surface area contributed by atoms with E-state index in [4.69, 9.17) is 5.11 Å². The van der Waals surface area contributed by atoms with Crippen molar-refractivity contribution >= 4 is 34.0 Å². The number of anilines is 2. The van der Waals surface area contributed by atoms with Gasteiger partial charge in [-0.3, -0.25) is 5.32 Å². The normalized spacial score (nSPS) is 10.1. The second kappa shape index (κ2) is 6.90. The van der Waals surface area contributed by atoms with Crippen molar-refractivity contribution in [3.63, 3.8) is 0 Å². The van der Waals surface area contributed by atoms with Crippen molar-refractivity contribution in [3.05, 3.63) is 46.8 Å². The number of carboxylic acids is 1. The zero-order chi connectivity index (χ0) is 15.2. The number of aromatic carboxylic acids is 1. The summed E-state index contributed by atoms with van der Waals surface area (Å²) >= 11 is 1.17. The predicted octanol–water partition coefficient (Wildman–Crippen LogP) is 4.04. The minimum Gasteiger partial charge on any atom is -0.478 e. The molecule has 3 N–H and O–H groups in total. The van der Waals surface area contributed by atoms with Crippen LogP contribution >= 0.6 is 11.3 Å². The molecule has 1 heterocycles. The topological polar surface area (TPSA) is 78.4 Å². The highest BCUT2D eigenvalue weighted by Gasteiger charge is 2.13. The average molecular weight is 304 g/mol. The molecule has 0 aliphatic rings. The van der Waals surface area contributed by atoms with Gasteiger partial charge >= 0.3 is 12.0 Å². The molecule has 0 fully saturated rings. The maximum Gasteiger partial charge on any atom is 0.338 e. The Labute approximate surface area is 126 Å². The molecule has 0 saturated heterocycles. The molecule has 2 aromatic rings. The van der Waals surface area contributed by atoms with Gasteiger partial charge in [-0.2, -0.15) is 0 Å². The maximum atomic E-state index is 11.9. The van der Waals surface area contributed by atoms with Crippen molar-refractivity contribution in [1.29, 1.82) is 0 Å². The van der Waals surface area contributed by atoms with Crippen molar-refractivity contribution in [2.75, 3.05) is 10.6 Å². The van der Waals surface area contributed by atoms with Crippen LogP contribution in [0.4, 0.5) is 15.5 Å². The molecule has 0 spiro atoms. The van der Waals surface area contributed by atoms with Crippen molar-refractivity contribution in [1.82, 2.24) is 0 Å². The van der Waals surface area contributed by atoms with Crippen LogP contribution in [0.2, 0.25) is 0 Å². The number of carbonyl (C=O) groups is 2. The number of urea groups is 1. The fourth-order valence-corrected chi connectivity index (χ4v) is 2.66. The van der Waals surface area contributed by atoms with Crippen molar-refractivity contribution in [2.24, 2.45) is 0 Å². The van der Waals surface area contributed by atoms with Crippen LogP contribution in [-0.4, -0.2) is 17.1 Å². The lowest BCUT2D eigenvalue weighted by atomic mass is 10.1. The van der Waals surface area contributed by atoms with Crippen LogP contribution in [0.3, 0.4) is 0 Å². The van der Waals surface area contributed by atoms with Gasteiger partial charge in [-0.1, -0.05) is 25.5 Å². The highest BCUT2D eigenvalue weighted by atomic mass is 32.1. The van der Waals surface area contributed by atoms with Crippen LogP contribution in [0.1, 0.15) is 29.3 Å². The van der Waals surface area contributed by atoms with Gasteiger partial charge in [0.2, 0.25) is 0 Å². The smallest absolute Gasteiger partial charge is 0.338 e. The third-order valence-electron chi connectivity index (χ3n) is 2.87. The first-order chi connectivity index (χ1) is 10.1. The van der Waals surface area contributed by atoms with E-state index in [1.165, 1.54) is 23.0 Å². The van der Waals surface area contributed by atoms with Gasteiger partial charge in [-0.25, -0.2) is 9.59 Å². The van der Waals surface area contributed by atoms with Gasteiger partial charge in [0.1, 0.15) is 5.00 Å². The van der Waals surface area contributed by atoms with E-state index in [1.807, 2.05) is 24.3 Å². The summed E-state index contributed by atoms with van der Waals surface area (Å²) in [7, 11) is 0. The highest BCUT2D eigenvalue weighted by Crippen LogP contribution is 2.23. The summed E-state index contributed by atoms with van der Waals surface area (Å²) < 4.78 is 0. The molecule has 21 heavy (non-hydrogen) atoms. The molecule has 1 aromatic carbocycles. The Bertz CT molecular complexity index is 635. The number of nitrogens with one attached hydrogen (secondary N) is 2. The summed E-state index contributed by atoms with van der Waals surface area (Å²) in [6, 6.07) is 8.60. The minimum absolute atomic E-state index is 0.0912. The summed E-state index contributed by atoms with van der Waals surface area (Å²) in [6.45, 7) is 2.11. The van der Waals surface area contributed by atoms with Crippen LogP contribution in [0, 0.1) is 0 Å². The average Bonchev–Trinajstić information content (AvgIpc) is 2.89. The molecule has 0 atom stereocenters. The maximum absolute atomic E-state index is 11.9. The lowest BCUT2D eigenvalue weighted by molar-refractivity contribution is 0.0698. The Morgan fingerprint density at radius 2 is 1.86 bits per heavy atom. The number of carboxylic acid groups (broad SMARTS) is 1. The molecule has 0 aliphatic heterocycles. The summed E-state index contributed by atoms with van der Waals surface area (Å²) in [5.41, 5.74) is 1.98. The Morgan fingerprint density at radius 3 is 2.48 bits per heavy atom. The van der Waals surface area contributed by atoms with E-state index in [0.717, 1.165) is 12.8 Å². The number of benzene rings is 1. The van der Waals surface area contributed by atoms with Gasteiger partial charge in [0, 0.05) is 5.69 Å². The van der Waals surface area contributed by atoms with Crippen molar-refractivity contribution < 1.29 is 14.7 Å². The van der Waals surface area contributed by atoms with E-state index < -0.39 is 12.0 Å². The predicted molar refractivity (Wildman–Crippen MR) is 84.4 cm³/mol.